The van der Waals surface area contributed by atoms with Crippen molar-refractivity contribution in [3.8, 4) is 11.5 Å². The Hall–Kier alpha value is -3.35. The van der Waals surface area contributed by atoms with Gasteiger partial charge in [0.1, 0.15) is 12.4 Å². The van der Waals surface area contributed by atoms with Crippen LogP contribution in [-0.4, -0.2) is 33.3 Å². The van der Waals surface area contributed by atoms with Gasteiger partial charge in [-0.3, -0.25) is 4.79 Å². The molecule has 34 heavy (non-hydrogen) atoms. The number of carbonyl (C=O) groups is 1. The Kier molecular flexibility index (Phi) is 6.79. The molecule has 0 radical (unpaired) electrons. The average Bonchev–Trinajstić information content (AvgIpc) is 3.54. The van der Waals surface area contributed by atoms with Gasteiger partial charge >= 0.3 is 0 Å². The lowest BCUT2D eigenvalue weighted by molar-refractivity contribution is -0.921. The minimum atomic E-state index is 0.0234. The molecule has 5 rings (SSSR count). The highest BCUT2D eigenvalue weighted by molar-refractivity contribution is 6.30. The van der Waals surface area contributed by atoms with Crippen LogP contribution in [0.25, 0.3) is 11.5 Å². The predicted octanol–water partition coefficient (Wildman–Crippen LogP) is 3.43. The summed E-state index contributed by atoms with van der Waals surface area (Å²) in [6.07, 6.45) is 8.06. The van der Waals surface area contributed by atoms with Crippen molar-refractivity contribution in [3.63, 3.8) is 0 Å². The Morgan fingerprint density at radius 2 is 1.82 bits per heavy atom. The fourth-order valence-electron chi connectivity index (χ4n) is 4.75. The normalized spacial score (nSPS) is 18.0. The molecule has 1 aliphatic heterocycles. The molecular weight excluding hydrogens is 446 g/mol. The third kappa shape index (κ3) is 5.08. The molecule has 3 heterocycles. The first-order chi connectivity index (χ1) is 16.7. The van der Waals surface area contributed by atoms with E-state index in [1.54, 1.807) is 0 Å². The second-order valence-corrected chi connectivity index (χ2v) is 9.33. The zero-order valence-electron chi connectivity index (χ0n) is 19.0. The summed E-state index contributed by atoms with van der Waals surface area (Å²) in [6, 6.07) is 21.9. The van der Waals surface area contributed by atoms with Crippen LogP contribution in [0.2, 0.25) is 5.02 Å². The van der Waals surface area contributed by atoms with E-state index >= 15 is 0 Å². The number of benzene rings is 2. The van der Waals surface area contributed by atoms with Crippen molar-refractivity contribution < 1.29 is 9.69 Å². The molecule has 2 aromatic carbocycles. The number of nitrogens with one attached hydrogen (secondary N) is 2. The van der Waals surface area contributed by atoms with Gasteiger partial charge in [0.25, 0.3) is 0 Å². The van der Waals surface area contributed by atoms with E-state index in [1.807, 2.05) is 65.5 Å². The number of likely N-dealkylation sites (tertiary alicyclic amines) is 1. The second kappa shape index (κ2) is 10.3. The van der Waals surface area contributed by atoms with Crippen molar-refractivity contribution in [1.29, 1.82) is 0 Å². The molecule has 2 N–H and O–H groups in total. The molecular formula is C27H29ClN5O+. The smallest absolute Gasteiger partial charge is 0.229 e. The summed E-state index contributed by atoms with van der Waals surface area (Å²) in [4.78, 5) is 14.3. The third-order valence-electron chi connectivity index (χ3n) is 6.48. The van der Waals surface area contributed by atoms with Crippen molar-refractivity contribution >= 4 is 17.5 Å². The summed E-state index contributed by atoms with van der Waals surface area (Å²) in [5, 5.41) is 8.55. The highest BCUT2D eigenvalue weighted by Crippen LogP contribution is 2.20. The van der Waals surface area contributed by atoms with Gasteiger partial charge in [-0.1, -0.05) is 41.9 Å². The number of carbonyl (C=O) groups excluding carboxylic acids is 1. The van der Waals surface area contributed by atoms with Crippen LogP contribution >= 0.6 is 11.6 Å². The van der Waals surface area contributed by atoms with Crippen molar-refractivity contribution in [2.24, 2.45) is 5.92 Å². The molecule has 2 unspecified atom stereocenters. The molecule has 174 valence electrons. The van der Waals surface area contributed by atoms with Gasteiger partial charge in [-0.05, 0) is 54.8 Å². The standard InChI is InChI=1S/C27H28ClN5O/c28-24-12-10-21(11-13-24)17-29-26(34)22-7-6-14-31(19-22)20-23-18-30-33(25-8-2-1-3-9-25)27(23)32-15-4-5-16-32/h1-5,8-13,15-16,18,22H,6-7,14,17,19-20H2,(H,29,34)/p+1. The number of quaternary nitrogens is 1. The maximum absolute atomic E-state index is 12.9. The monoisotopic (exact) mass is 474 g/mol. The Balaban J connectivity index is 1.28. The fourth-order valence-corrected chi connectivity index (χ4v) is 4.88. The van der Waals surface area contributed by atoms with E-state index in [4.69, 9.17) is 16.7 Å². The molecule has 0 bridgehead atoms. The molecule has 0 saturated carbocycles. The quantitative estimate of drug-likeness (QED) is 0.431. The van der Waals surface area contributed by atoms with Crippen LogP contribution in [0.15, 0.2) is 85.3 Å². The topological polar surface area (TPSA) is 56.3 Å². The Labute approximate surface area is 204 Å². The number of halogens is 1. The molecule has 4 aromatic rings. The van der Waals surface area contributed by atoms with Gasteiger partial charge in [-0.15, -0.1) is 0 Å². The number of rotatable bonds is 7. The number of hydrogen-bond donors (Lipinski definition) is 2. The van der Waals surface area contributed by atoms with Gasteiger partial charge in [-0.2, -0.15) is 5.10 Å². The second-order valence-electron chi connectivity index (χ2n) is 8.90. The zero-order valence-corrected chi connectivity index (χ0v) is 19.8. The third-order valence-corrected chi connectivity index (χ3v) is 6.73. The summed E-state index contributed by atoms with van der Waals surface area (Å²) in [5.41, 5.74) is 3.27. The lowest BCUT2D eigenvalue weighted by Crippen LogP contribution is -3.12. The summed E-state index contributed by atoms with van der Waals surface area (Å²) in [5.74, 6) is 1.21. The lowest BCUT2D eigenvalue weighted by Gasteiger charge is -2.29. The van der Waals surface area contributed by atoms with Gasteiger partial charge in [-0.25, -0.2) is 4.68 Å². The van der Waals surface area contributed by atoms with Crippen LogP contribution in [-0.2, 0) is 17.9 Å². The Bertz CT molecular complexity index is 1220. The van der Waals surface area contributed by atoms with E-state index in [0.29, 0.717) is 11.6 Å². The first kappa shape index (κ1) is 22.4. The van der Waals surface area contributed by atoms with Gasteiger partial charge < -0.3 is 14.8 Å². The predicted molar refractivity (Wildman–Crippen MR) is 133 cm³/mol. The average molecular weight is 475 g/mol. The summed E-state index contributed by atoms with van der Waals surface area (Å²) >= 11 is 5.96. The van der Waals surface area contributed by atoms with E-state index < -0.39 is 0 Å². The van der Waals surface area contributed by atoms with Crippen molar-refractivity contribution in [2.45, 2.75) is 25.9 Å². The van der Waals surface area contributed by atoms with Crippen molar-refractivity contribution in [1.82, 2.24) is 19.7 Å². The van der Waals surface area contributed by atoms with Gasteiger partial charge in [0.2, 0.25) is 5.91 Å². The Morgan fingerprint density at radius 1 is 1.06 bits per heavy atom. The number of amides is 1. The van der Waals surface area contributed by atoms with Crippen LogP contribution in [0.1, 0.15) is 24.0 Å². The number of hydrogen-bond acceptors (Lipinski definition) is 2. The minimum absolute atomic E-state index is 0.0234. The van der Waals surface area contributed by atoms with Crippen LogP contribution < -0.4 is 10.2 Å². The van der Waals surface area contributed by atoms with Gasteiger partial charge in [0.05, 0.1) is 36.5 Å². The van der Waals surface area contributed by atoms with Gasteiger partial charge in [0.15, 0.2) is 0 Å². The first-order valence-corrected chi connectivity index (χ1v) is 12.2. The van der Waals surface area contributed by atoms with Crippen molar-refractivity contribution in [2.75, 3.05) is 13.1 Å². The lowest BCUT2D eigenvalue weighted by atomic mass is 9.96. The maximum atomic E-state index is 12.9. The largest absolute Gasteiger partial charge is 0.352 e. The summed E-state index contributed by atoms with van der Waals surface area (Å²) in [7, 11) is 0. The highest BCUT2D eigenvalue weighted by Gasteiger charge is 2.30. The number of para-hydroxylation sites is 1. The molecule has 1 fully saturated rings. The van der Waals surface area contributed by atoms with E-state index in [-0.39, 0.29) is 11.8 Å². The van der Waals surface area contributed by atoms with E-state index in [9.17, 15) is 4.79 Å². The molecule has 7 heteroatoms. The molecule has 0 aliphatic carbocycles. The molecule has 1 saturated heterocycles. The highest BCUT2D eigenvalue weighted by atomic mass is 35.5. The van der Waals surface area contributed by atoms with Crippen LogP contribution in [0.5, 0.6) is 0 Å². The van der Waals surface area contributed by atoms with Gasteiger partial charge in [0, 0.05) is 24.0 Å². The van der Waals surface area contributed by atoms with Crippen LogP contribution in [0.4, 0.5) is 0 Å². The number of aromatic nitrogens is 3. The maximum Gasteiger partial charge on any atom is 0.229 e. The number of nitrogens with zero attached hydrogens (tertiary/aromatic N) is 3. The van der Waals surface area contributed by atoms with E-state index in [2.05, 4.69) is 34.4 Å². The molecule has 6 nitrogen and oxygen atoms in total. The first-order valence-electron chi connectivity index (χ1n) is 11.8. The molecule has 2 atom stereocenters. The minimum Gasteiger partial charge on any atom is -0.352 e. The number of piperidine rings is 1. The molecule has 0 spiro atoms. The van der Waals surface area contributed by atoms with Crippen molar-refractivity contribution in [3.05, 3.63) is 101 Å². The van der Waals surface area contributed by atoms with E-state index in [0.717, 1.165) is 49.5 Å². The van der Waals surface area contributed by atoms with Crippen LogP contribution in [0, 0.1) is 5.92 Å². The summed E-state index contributed by atoms with van der Waals surface area (Å²) in [6.45, 7) is 3.25. The molecule has 2 aromatic heterocycles. The Morgan fingerprint density at radius 3 is 2.59 bits per heavy atom. The van der Waals surface area contributed by atoms with Crippen LogP contribution in [0.3, 0.4) is 0 Å². The fraction of sp³-hybridized carbons (Fsp3) is 0.259. The zero-order chi connectivity index (χ0) is 23.3. The molecule has 1 amide bonds. The van der Waals surface area contributed by atoms with E-state index in [1.165, 1.54) is 10.5 Å². The summed E-state index contributed by atoms with van der Waals surface area (Å²) < 4.78 is 4.12. The molecule has 1 aliphatic rings. The SMILES string of the molecule is O=C(NCc1ccc(Cl)cc1)C1CCC[NH+](Cc2cnn(-c3ccccc3)c2-n2cccc2)C1.